The molecule has 1 rings (SSSR count). The van der Waals surface area contributed by atoms with Crippen molar-refractivity contribution in [3.63, 3.8) is 0 Å². The first-order valence-electron chi connectivity index (χ1n) is 7.00. The highest BCUT2D eigenvalue weighted by Gasteiger charge is 2.20. The quantitative estimate of drug-likeness (QED) is 0.749. The highest BCUT2D eigenvalue weighted by Crippen LogP contribution is 2.30. The topological polar surface area (TPSA) is 15.3 Å². The van der Waals surface area contributed by atoms with Gasteiger partial charge in [0.25, 0.3) is 0 Å². The van der Waals surface area contributed by atoms with E-state index in [1.165, 1.54) is 38.6 Å². The van der Waals surface area contributed by atoms with Gasteiger partial charge in [0.1, 0.15) is 0 Å². The molecule has 0 aromatic heterocycles. The van der Waals surface area contributed by atoms with Crippen LogP contribution in [0.25, 0.3) is 0 Å². The molecule has 16 heavy (non-hydrogen) atoms. The van der Waals surface area contributed by atoms with Gasteiger partial charge < -0.3 is 10.2 Å². The Hall–Kier alpha value is -0.0800. The third-order valence-electron chi connectivity index (χ3n) is 4.22. The molecular weight excluding hydrogens is 196 g/mol. The van der Waals surface area contributed by atoms with E-state index in [-0.39, 0.29) is 0 Å². The van der Waals surface area contributed by atoms with E-state index in [4.69, 9.17) is 0 Å². The number of likely N-dealkylation sites (N-methyl/N-ethyl adjacent to an activating group) is 1. The van der Waals surface area contributed by atoms with Gasteiger partial charge in [0.2, 0.25) is 0 Å². The molecule has 0 spiro atoms. The summed E-state index contributed by atoms with van der Waals surface area (Å²) < 4.78 is 0. The molecule has 0 aromatic carbocycles. The molecule has 0 aromatic rings. The lowest BCUT2D eigenvalue weighted by atomic mass is 9.80. The van der Waals surface area contributed by atoms with E-state index in [0.29, 0.717) is 6.04 Å². The van der Waals surface area contributed by atoms with Crippen molar-refractivity contribution in [1.82, 2.24) is 10.2 Å². The Balaban J connectivity index is 2.12. The monoisotopic (exact) mass is 226 g/mol. The molecule has 1 aliphatic rings. The maximum Gasteiger partial charge on any atom is 0.0186 e. The van der Waals surface area contributed by atoms with Gasteiger partial charge in [-0.1, -0.05) is 26.2 Å². The van der Waals surface area contributed by atoms with Crippen LogP contribution >= 0.6 is 0 Å². The first kappa shape index (κ1) is 14.0. The Bertz CT molecular complexity index is 180. The standard InChI is InChI=1S/C14H30N2/c1-5-13-7-6-8-14(9-13)11-15-10-12(2)16(3)4/h12-15H,5-11H2,1-4H3. The molecular formula is C14H30N2. The second-order valence-corrected chi connectivity index (χ2v) is 5.78. The van der Waals surface area contributed by atoms with Crippen molar-refractivity contribution in [1.29, 1.82) is 0 Å². The number of hydrogen-bond donors (Lipinski definition) is 1. The summed E-state index contributed by atoms with van der Waals surface area (Å²) >= 11 is 0. The molecule has 2 nitrogen and oxygen atoms in total. The van der Waals surface area contributed by atoms with Crippen molar-refractivity contribution in [3.05, 3.63) is 0 Å². The Morgan fingerprint density at radius 2 is 1.94 bits per heavy atom. The van der Waals surface area contributed by atoms with Gasteiger partial charge >= 0.3 is 0 Å². The van der Waals surface area contributed by atoms with Gasteiger partial charge in [-0.2, -0.15) is 0 Å². The van der Waals surface area contributed by atoms with Gasteiger partial charge in [0, 0.05) is 12.6 Å². The Morgan fingerprint density at radius 1 is 1.25 bits per heavy atom. The van der Waals surface area contributed by atoms with Crippen LogP contribution in [0.15, 0.2) is 0 Å². The summed E-state index contributed by atoms with van der Waals surface area (Å²) in [7, 11) is 4.31. The molecule has 96 valence electrons. The fraction of sp³-hybridized carbons (Fsp3) is 1.00. The molecule has 1 aliphatic carbocycles. The summed E-state index contributed by atoms with van der Waals surface area (Å²) in [5.74, 6) is 1.94. The highest BCUT2D eigenvalue weighted by molar-refractivity contribution is 4.74. The predicted molar refractivity (Wildman–Crippen MR) is 71.8 cm³/mol. The minimum atomic E-state index is 0.644. The molecule has 3 atom stereocenters. The van der Waals surface area contributed by atoms with Crippen molar-refractivity contribution in [3.8, 4) is 0 Å². The van der Waals surface area contributed by atoms with Crippen LogP contribution in [0.3, 0.4) is 0 Å². The minimum absolute atomic E-state index is 0.644. The van der Waals surface area contributed by atoms with E-state index in [9.17, 15) is 0 Å². The van der Waals surface area contributed by atoms with Crippen LogP contribution in [0.5, 0.6) is 0 Å². The second kappa shape index (κ2) is 7.29. The summed E-state index contributed by atoms with van der Waals surface area (Å²) in [6.45, 7) is 6.98. The van der Waals surface area contributed by atoms with Crippen LogP contribution in [-0.4, -0.2) is 38.1 Å². The van der Waals surface area contributed by atoms with Gasteiger partial charge in [-0.05, 0) is 52.2 Å². The fourth-order valence-electron chi connectivity index (χ4n) is 2.64. The van der Waals surface area contributed by atoms with E-state index < -0.39 is 0 Å². The molecule has 2 heteroatoms. The van der Waals surface area contributed by atoms with Gasteiger partial charge in [-0.3, -0.25) is 0 Å². The number of hydrogen-bond acceptors (Lipinski definition) is 2. The molecule has 1 N–H and O–H groups in total. The Morgan fingerprint density at radius 3 is 2.56 bits per heavy atom. The van der Waals surface area contributed by atoms with Gasteiger partial charge in [0.05, 0.1) is 0 Å². The summed E-state index contributed by atoms with van der Waals surface area (Å²) in [5, 5.41) is 3.64. The predicted octanol–water partition coefficient (Wildman–Crippen LogP) is 2.74. The third kappa shape index (κ3) is 4.84. The lowest BCUT2D eigenvalue weighted by Gasteiger charge is -2.29. The first-order chi connectivity index (χ1) is 7.63. The van der Waals surface area contributed by atoms with Crippen LogP contribution in [0.1, 0.15) is 46.0 Å². The average molecular weight is 226 g/mol. The average Bonchev–Trinajstić information content (AvgIpc) is 2.29. The normalized spacial score (nSPS) is 28.3. The van der Waals surface area contributed by atoms with E-state index in [1.807, 2.05) is 0 Å². The van der Waals surface area contributed by atoms with Crippen LogP contribution in [0.2, 0.25) is 0 Å². The summed E-state index contributed by atoms with van der Waals surface area (Å²) in [5.41, 5.74) is 0. The largest absolute Gasteiger partial charge is 0.315 e. The number of nitrogens with one attached hydrogen (secondary N) is 1. The zero-order valence-electron chi connectivity index (χ0n) is 11.6. The SMILES string of the molecule is CCC1CCCC(CNCC(C)N(C)C)C1. The van der Waals surface area contributed by atoms with Crippen LogP contribution in [0, 0.1) is 11.8 Å². The van der Waals surface area contributed by atoms with Crippen LogP contribution in [-0.2, 0) is 0 Å². The van der Waals surface area contributed by atoms with Crippen LogP contribution < -0.4 is 5.32 Å². The molecule has 0 radical (unpaired) electrons. The van der Waals surface area contributed by atoms with Crippen LogP contribution in [0.4, 0.5) is 0 Å². The fourth-order valence-corrected chi connectivity index (χ4v) is 2.64. The number of nitrogens with zero attached hydrogens (tertiary/aromatic N) is 1. The molecule has 0 aliphatic heterocycles. The van der Waals surface area contributed by atoms with E-state index in [1.54, 1.807) is 0 Å². The van der Waals surface area contributed by atoms with Crippen molar-refractivity contribution < 1.29 is 0 Å². The lowest BCUT2D eigenvalue weighted by Crippen LogP contribution is -2.38. The summed E-state index contributed by atoms with van der Waals surface area (Å²) in [6, 6.07) is 0.644. The maximum absolute atomic E-state index is 3.64. The zero-order chi connectivity index (χ0) is 12.0. The van der Waals surface area contributed by atoms with E-state index >= 15 is 0 Å². The van der Waals surface area contributed by atoms with Crippen molar-refractivity contribution in [2.75, 3.05) is 27.2 Å². The first-order valence-corrected chi connectivity index (χ1v) is 7.00. The van der Waals surface area contributed by atoms with Gasteiger partial charge in [-0.15, -0.1) is 0 Å². The molecule has 1 saturated carbocycles. The van der Waals surface area contributed by atoms with E-state index in [0.717, 1.165) is 18.4 Å². The summed E-state index contributed by atoms with van der Waals surface area (Å²) in [6.07, 6.45) is 7.21. The molecule has 0 saturated heterocycles. The molecule has 0 heterocycles. The van der Waals surface area contributed by atoms with E-state index in [2.05, 4.69) is 38.2 Å². The maximum atomic E-state index is 3.64. The molecule has 0 bridgehead atoms. The minimum Gasteiger partial charge on any atom is -0.315 e. The number of rotatable bonds is 6. The molecule has 1 fully saturated rings. The van der Waals surface area contributed by atoms with Crippen molar-refractivity contribution in [2.24, 2.45) is 11.8 Å². The smallest absolute Gasteiger partial charge is 0.0186 e. The van der Waals surface area contributed by atoms with Crippen molar-refractivity contribution >= 4 is 0 Å². The Labute approximate surface area is 102 Å². The highest BCUT2D eigenvalue weighted by atomic mass is 15.1. The summed E-state index contributed by atoms with van der Waals surface area (Å²) in [4.78, 5) is 2.28. The Kier molecular flexibility index (Phi) is 6.37. The molecule has 0 amide bonds. The van der Waals surface area contributed by atoms with Gasteiger partial charge in [0.15, 0.2) is 0 Å². The lowest BCUT2D eigenvalue weighted by molar-refractivity contribution is 0.242. The van der Waals surface area contributed by atoms with Crippen molar-refractivity contribution in [2.45, 2.75) is 52.0 Å². The zero-order valence-corrected chi connectivity index (χ0v) is 11.6. The van der Waals surface area contributed by atoms with Gasteiger partial charge in [-0.25, -0.2) is 0 Å². The molecule has 3 unspecified atom stereocenters. The second-order valence-electron chi connectivity index (χ2n) is 5.78. The third-order valence-corrected chi connectivity index (χ3v) is 4.22.